The van der Waals surface area contributed by atoms with E-state index in [-0.39, 0.29) is 12.7 Å². The van der Waals surface area contributed by atoms with Crippen molar-refractivity contribution in [1.82, 2.24) is 5.32 Å². The van der Waals surface area contributed by atoms with Crippen LogP contribution in [0.4, 0.5) is 0 Å². The van der Waals surface area contributed by atoms with Gasteiger partial charge in [-0.2, -0.15) is 11.8 Å². The third-order valence-corrected chi connectivity index (χ3v) is 4.39. The molecule has 2 aliphatic heterocycles. The third kappa shape index (κ3) is 6.50. The van der Waals surface area contributed by atoms with Crippen LogP contribution in [0.5, 0.6) is 23.0 Å². The number of fused-ring (bicyclic) bond motifs is 1. The van der Waals surface area contributed by atoms with Crippen LogP contribution in [-0.4, -0.2) is 37.8 Å². The van der Waals surface area contributed by atoms with Gasteiger partial charge in [0.15, 0.2) is 11.5 Å². The van der Waals surface area contributed by atoms with Crippen LogP contribution in [-0.2, 0) is 4.79 Å². The molecule has 0 radical (unpaired) electrons. The van der Waals surface area contributed by atoms with Crippen LogP contribution >= 0.6 is 11.8 Å². The largest absolute Gasteiger partial charge is 0.457 e. The molecule has 4 rings (SSSR count). The van der Waals surface area contributed by atoms with Crippen LogP contribution in [0.25, 0.3) is 0 Å². The maximum Gasteiger partial charge on any atom is 0.231 e. The Morgan fingerprint density at radius 3 is 2.62 bits per heavy atom. The van der Waals surface area contributed by atoms with Gasteiger partial charge in [0.1, 0.15) is 11.5 Å². The summed E-state index contributed by atoms with van der Waals surface area (Å²) in [6.07, 6.45) is 1.12. The van der Waals surface area contributed by atoms with Gasteiger partial charge in [0.2, 0.25) is 12.7 Å². The standard InChI is InChI=1S/C13H10O3.C5H9NOS.CH5N/c1-2-4-10(5-3-1)16-11-6-7-12-13(8-11)15-9-14-12;7-5-4-8-3-1-2-6-5;1-2/h1-8H,9H2;1-4H2,(H,6,7);2H2,1H3. The fourth-order valence-electron chi connectivity index (χ4n) is 2.18. The predicted octanol–water partition coefficient (Wildman–Crippen LogP) is 3.02. The van der Waals surface area contributed by atoms with Gasteiger partial charge in [-0.1, -0.05) is 18.2 Å². The number of thioether (sulfide) groups is 1. The van der Waals surface area contributed by atoms with Crippen molar-refractivity contribution in [3.63, 3.8) is 0 Å². The summed E-state index contributed by atoms with van der Waals surface area (Å²) in [6, 6.07) is 15.2. The molecule has 1 saturated heterocycles. The van der Waals surface area contributed by atoms with Crippen LogP contribution in [0.2, 0.25) is 0 Å². The first-order valence-corrected chi connectivity index (χ1v) is 9.51. The number of amides is 1. The van der Waals surface area contributed by atoms with Crippen LogP contribution in [0.1, 0.15) is 6.42 Å². The second-order valence-corrected chi connectivity index (χ2v) is 6.29. The van der Waals surface area contributed by atoms with Crippen molar-refractivity contribution < 1.29 is 19.0 Å². The smallest absolute Gasteiger partial charge is 0.231 e. The second kappa shape index (κ2) is 11.3. The molecule has 0 bridgehead atoms. The zero-order valence-electron chi connectivity index (χ0n) is 14.8. The van der Waals surface area contributed by atoms with Crippen LogP contribution in [0.15, 0.2) is 48.5 Å². The maximum atomic E-state index is 10.6. The molecule has 0 aliphatic carbocycles. The lowest BCUT2D eigenvalue weighted by molar-refractivity contribution is -0.118. The number of rotatable bonds is 2. The van der Waals surface area contributed by atoms with Crippen molar-refractivity contribution in [2.24, 2.45) is 5.73 Å². The van der Waals surface area contributed by atoms with Gasteiger partial charge in [-0.15, -0.1) is 0 Å². The highest BCUT2D eigenvalue weighted by molar-refractivity contribution is 7.99. The van der Waals surface area contributed by atoms with E-state index in [0.717, 1.165) is 41.7 Å². The number of ether oxygens (including phenoxy) is 3. The number of benzene rings is 2. The third-order valence-electron chi connectivity index (χ3n) is 3.34. The van der Waals surface area contributed by atoms with Gasteiger partial charge >= 0.3 is 0 Å². The molecule has 2 aliphatic rings. The minimum atomic E-state index is 0.188. The number of hydrogen-bond acceptors (Lipinski definition) is 6. The summed E-state index contributed by atoms with van der Waals surface area (Å²) in [4.78, 5) is 10.6. The Morgan fingerprint density at radius 1 is 1.04 bits per heavy atom. The quantitative estimate of drug-likeness (QED) is 0.838. The normalized spacial score (nSPS) is 14.6. The number of nitrogens with two attached hydrogens (primary N) is 1. The summed E-state index contributed by atoms with van der Waals surface area (Å²) < 4.78 is 16.2. The molecule has 0 atom stereocenters. The van der Waals surface area contributed by atoms with Crippen molar-refractivity contribution in [3.8, 4) is 23.0 Å². The van der Waals surface area contributed by atoms with E-state index in [4.69, 9.17) is 14.2 Å². The van der Waals surface area contributed by atoms with E-state index in [9.17, 15) is 4.79 Å². The zero-order valence-corrected chi connectivity index (χ0v) is 15.6. The molecule has 2 aromatic rings. The highest BCUT2D eigenvalue weighted by Crippen LogP contribution is 2.36. The van der Waals surface area contributed by atoms with Crippen molar-refractivity contribution in [2.45, 2.75) is 6.42 Å². The fraction of sp³-hybridized carbons (Fsp3) is 0.316. The summed E-state index contributed by atoms with van der Waals surface area (Å²) >= 11 is 1.71. The van der Waals surface area contributed by atoms with Gasteiger partial charge in [-0.05, 0) is 43.5 Å². The van der Waals surface area contributed by atoms with Crippen LogP contribution < -0.4 is 25.3 Å². The molecule has 0 saturated carbocycles. The van der Waals surface area contributed by atoms with Crippen molar-refractivity contribution in [1.29, 1.82) is 0 Å². The number of nitrogens with one attached hydrogen (secondary N) is 1. The first-order valence-electron chi connectivity index (χ1n) is 8.36. The number of carbonyl (C=O) groups is 1. The van der Waals surface area contributed by atoms with Crippen LogP contribution in [0, 0.1) is 0 Å². The molecular formula is C19H24N2O4S. The van der Waals surface area contributed by atoms with Crippen LogP contribution in [0.3, 0.4) is 0 Å². The van der Waals surface area contributed by atoms with E-state index < -0.39 is 0 Å². The molecule has 2 heterocycles. The topological polar surface area (TPSA) is 82.8 Å². The summed E-state index contributed by atoms with van der Waals surface area (Å²) in [5, 5.41) is 2.78. The lowest BCUT2D eigenvalue weighted by Crippen LogP contribution is -2.23. The monoisotopic (exact) mass is 376 g/mol. The Hall–Kier alpha value is -2.38. The molecule has 6 nitrogen and oxygen atoms in total. The first-order chi connectivity index (χ1) is 12.8. The predicted molar refractivity (Wildman–Crippen MR) is 104 cm³/mol. The summed E-state index contributed by atoms with van der Waals surface area (Å²) in [7, 11) is 1.50. The molecule has 1 amide bonds. The van der Waals surface area contributed by atoms with Gasteiger partial charge in [0.05, 0.1) is 5.75 Å². The van der Waals surface area contributed by atoms with E-state index in [2.05, 4.69) is 11.1 Å². The van der Waals surface area contributed by atoms with E-state index >= 15 is 0 Å². The molecule has 7 heteroatoms. The molecule has 140 valence electrons. The van der Waals surface area contributed by atoms with Gasteiger partial charge < -0.3 is 25.3 Å². The maximum absolute atomic E-state index is 10.6. The molecule has 0 spiro atoms. The van der Waals surface area contributed by atoms with Gasteiger partial charge in [-0.3, -0.25) is 4.79 Å². The van der Waals surface area contributed by atoms with Crippen molar-refractivity contribution in [3.05, 3.63) is 48.5 Å². The van der Waals surface area contributed by atoms with Gasteiger partial charge in [0.25, 0.3) is 0 Å². The summed E-state index contributed by atoms with van der Waals surface area (Å²) in [6.45, 7) is 1.15. The SMILES string of the molecule is CN.O=C1CSCCCN1.c1ccc(Oc2ccc3c(c2)OCO3)cc1. The highest BCUT2D eigenvalue weighted by Gasteiger charge is 2.13. The molecule has 0 aromatic heterocycles. The highest BCUT2D eigenvalue weighted by atomic mass is 32.2. The lowest BCUT2D eigenvalue weighted by Gasteiger charge is -2.05. The van der Waals surface area contributed by atoms with Gasteiger partial charge in [-0.25, -0.2) is 0 Å². The number of para-hydroxylation sites is 1. The fourth-order valence-corrected chi connectivity index (χ4v) is 2.96. The van der Waals surface area contributed by atoms with E-state index in [1.54, 1.807) is 11.8 Å². The molecular weight excluding hydrogens is 352 g/mol. The lowest BCUT2D eigenvalue weighted by atomic mass is 10.3. The zero-order chi connectivity index (χ0) is 18.6. The summed E-state index contributed by atoms with van der Waals surface area (Å²) in [5.41, 5.74) is 4.50. The first kappa shape index (κ1) is 19.9. The minimum absolute atomic E-state index is 0.188. The Kier molecular flexibility index (Phi) is 8.65. The van der Waals surface area contributed by atoms with Crippen molar-refractivity contribution in [2.75, 3.05) is 31.9 Å². The Bertz CT molecular complexity index is 672. The number of carbonyl (C=O) groups excluding carboxylic acids is 1. The molecule has 26 heavy (non-hydrogen) atoms. The second-order valence-electron chi connectivity index (χ2n) is 5.19. The average Bonchev–Trinajstić information content (AvgIpc) is 3.02. The minimum Gasteiger partial charge on any atom is -0.457 e. The Balaban J connectivity index is 0.000000206. The van der Waals surface area contributed by atoms with Crippen molar-refractivity contribution >= 4 is 17.7 Å². The molecule has 2 aromatic carbocycles. The Morgan fingerprint density at radius 2 is 1.81 bits per heavy atom. The average molecular weight is 376 g/mol. The molecule has 0 unspecified atom stereocenters. The van der Waals surface area contributed by atoms with E-state index in [0.29, 0.717) is 5.75 Å². The molecule has 3 N–H and O–H groups in total. The Labute approximate surface area is 158 Å². The number of hydrogen-bond donors (Lipinski definition) is 2. The van der Waals surface area contributed by atoms with Gasteiger partial charge in [0, 0.05) is 12.6 Å². The van der Waals surface area contributed by atoms with E-state index in [1.807, 2.05) is 48.5 Å². The summed E-state index contributed by atoms with van der Waals surface area (Å²) in [5.74, 6) is 5.01. The van der Waals surface area contributed by atoms with E-state index in [1.165, 1.54) is 7.05 Å². The molecule has 1 fully saturated rings.